The minimum absolute atomic E-state index is 0.0762. The number of aliphatic hydroxyl groups excluding tert-OH is 5. The predicted octanol–water partition coefficient (Wildman–Crippen LogP) is 6.05. The Morgan fingerprint density at radius 2 is 1.65 bits per heavy atom. The lowest BCUT2D eigenvalue weighted by molar-refractivity contribution is -0.338. The first-order chi connectivity index (χ1) is 24.6. The molecule has 3 rings (SSSR count). The van der Waals surface area contributed by atoms with Crippen molar-refractivity contribution >= 4 is 5.97 Å². The van der Waals surface area contributed by atoms with Gasteiger partial charge in [-0.05, 0) is 89.4 Å². The second kappa shape index (κ2) is 21.5. The molecule has 0 aromatic heterocycles. The molecule has 3 aliphatic rings. The maximum Gasteiger partial charge on any atom is 0.330 e. The van der Waals surface area contributed by atoms with Gasteiger partial charge < -0.3 is 44.8 Å². The van der Waals surface area contributed by atoms with E-state index in [0.29, 0.717) is 57.3 Å². The van der Waals surface area contributed by atoms with E-state index in [-0.39, 0.29) is 31.0 Å². The molecule has 300 valence electrons. The number of rotatable bonds is 5. The molecule has 14 unspecified atom stereocenters. The monoisotopic (exact) mass is 737 g/mol. The van der Waals surface area contributed by atoms with Gasteiger partial charge in [-0.1, -0.05) is 65.0 Å². The van der Waals surface area contributed by atoms with Crippen LogP contribution in [0.2, 0.25) is 0 Å². The average molecular weight is 737 g/mol. The molecule has 3 heterocycles. The van der Waals surface area contributed by atoms with Crippen LogP contribution < -0.4 is 0 Å². The Hall–Kier alpha value is -1.63. The maximum absolute atomic E-state index is 13.3. The van der Waals surface area contributed by atoms with Gasteiger partial charge >= 0.3 is 5.97 Å². The van der Waals surface area contributed by atoms with Gasteiger partial charge in [-0.25, -0.2) is 4.79 Å². The van der Waals surface area contributed by atoms with Crippen LogP contribution in [0.1, 0.15) is 138 Å². The third-order valence-electron chi connectivity index (χ3n) is 12.0. The molecule has 0 radical (unpaired) electrons. The number of ether oxygens (including phenoxy) is 3. The number of allylic oxidation sites excluding steroid dienone is 4. The fourth-order valence-electron chi connectivity index (χ4n) is 8.02. The van der Waals surface area contributed by atoms with Gasteiger partial charge in [0.1, 0.15) is 6.10 Å². The quantitative estimate of drug-likeness (QED) is 0.183. The molecular weight excluding hydrogens is 664 g/mol. The molecule has 0 aromatic carbocycles. The van der Waals surface area contributed by atoms with E-state index in [0.717, 1.165) is 32.1 Å². The normalized spacial score (nSPS) is 43.6. The summed E-state index contributed by atoms with van der Waals surface area (Å²) in [6.45, 7) is 11.4. The van der Waals surface area contributed by atoms with E-state index in [1.54, 1.807) is 19.9 Å². The van der Waals surface area contributed by atoms with Crippen molar-refractivity contribution in [3.05, 3.63) is 36.5 Å². The minimum atomic E-state index is -1.40. The fourth-order valence-corrected chi connectivity index (χ4v) is 8.02. The van der Waals surface area contributed by atoms with Gasteiger partial charge in [-0.15, -0.1) is 0 Å². The smallest absolute Gasteiger partial charge is 0.330 e. The van der Waals surface area contributed by atoms with Crippen molar-refractivity contribution in [3.63, 3.8) is 0 Å². The van der Waals surface area contributed by atoms with Crippen LogP contribution >= 0.6 is 0 Å². The lowest BCUT2D eigenvalue weighted by atomic mass is 9.83. The SMILES string of the molecule is CCC(O)CC1OC2(CCC1C)CC1CC(CCC(CC)/C=C/C=C/CCCC(C)(O)C(O)CC(O)CC(O)C(C)C(O)C(CC)/C=C/C(=O)O1)O2. The van der Waals surface area contributed by atoms with Gasteiger partial charge in [-0.3, -0.25) is 0 Å². The third kappa shape index (κ3) is 13.9. The van der Waals surface area contributed by atoms with E-state index in [1.165, 1.54) is 6.08 Å². The lowest BCUT2D eigenvalue weighted by Crippen LogP contribution is -2.54. The number of carbonyl (C=O) groups excluding carboxylic acids is 1. The van der Waals surface area contributed by atoms with Crippen molar-refractivity contribution in [3.8, 4) is 0 Å². The molecule has 0 saturated carbocycles. The molecule has 52 heavy (non-hydrogen) atoms. The first kappa shape index (κ1) is 44.8. The van der Waals surface area contributed by atoms with Gasteiger partial charge in [0.15, 0.2) is 5.79 Å². The Labute approximate surface area is 313 Å². The Morgan fingerprint density at radius 1 is 0.904 bits per heavy atom. The molecule has 10 nitrogen and oxygen atoms in total. The molecule has 0 amide bonds. The first-order valence-electron chi connectivity index (χ1n) is 20.3. The highest BCUT2D eigenvalue weighted by Crippen LogP contribution is 2.44. The number of esters is 1. The number of hydrogen-bond acceptors (Lipinski definition) is 10. The van der Waals surface area contributed by atoms with Crippen LogP contribution in [-0.2, 0) is 19.0 Å². The van der Waals surface area contributed by atoms with Gasteiger partial charge in [0.2, 0.25) is 0 Å². The Bertz CT molecular complexity index is 1140. The van der Waals surface area contributed by atoms with Crippen molar-refractivity contribution in [1.29, 1.82) is 0 Å². The summed E-state index contributed by atoms with van der Waals surface area (Å²) in [6.07, 6.45) is 14.2. The molecule has 14 atom stereocenters. The molecule has 10 heteroatoms. The zero-order valence-corrected chi connectivity index (χ0v) is 32.8. The Balaban J connectivity index is 1.85. The molecule has 2 fully saturated rings. The lowest BCUT2D eigenvalue weighted by Gasteiger charge is -2.50. The van der Waals surface area contributed by atoms with Crippen molar-refractivity contribution in [2.75, 3.05) is 0 Å². The fraction of sp³-hybridized carbons (Fsp3) is 0.833. The molecule has 2 saturated heterocycles. The summed E-state index contributed by atoms with van der Waals surface area (Å²) in [6, 6.07) is 0. The first-order valence-corrected chi connectivity index (χ1v) is 20.3. The molecule has 3 aliphatic heterocycles. The van der Waals surface area contributed by atoms with Crippen LogP contribution in [0.15, 0.2) is 36.5 Å². The van der Waals surface area contributed by atoms with Gasteiger partial charge in [0.25, 0.3) is 0 Å². The van der Waals surface area contributed by atoms with Crippen LogP contribution in [0.25, 0.3) is 0 Å². The summed E-state index contributed by atoms with van der Waals surface area (Å²) in [5, 5.41) is 65.0. The number of hydrogen-bond donors (Lipinski definition) is 6. The topological polar surface area (TPSA) is 166 Å². The number of carbonyl (C=O) groups is 1. The van der Waals surface area contributed by atoms with Crippen molar-refractivity contribution < 1.29 is 49.6 Å². The van der Waals surface area contributed by atoms with E-state index in [9.17, 15) is 35.4 Å². The summed E-state index contributed by atoms with van der Waals surface area (Å²) >= 11 is 0. The average Bonchev–Trinajstić information content (AvgIpc) is 3.09. The van der Waals surface area contributed by atoms with Crippen molar-refractivity contribution in [2.45, 2.75) is 198 Å². The zero-order valence-electron chi connectivity index (χ0n) is 32.8. The van der Waals surface area contributed by atoms with E-state index < -0.39 is 65.8 Å². The highest BCUT2D eigenvalue weighted by molar-refractivity contribution is 5.82. The third-order valence-corrected chi connectivity index (χ3v) is 12.0. The zero-order chi connectivity index (χ0) is 38.5. The Kier molecular flexibility index (Phi) is 18.5. The van der Waals surface area contributed by atoms with E-state index in [4.69, 9.17) is 14.2 Å². The Morgan fingerprint density at radius 3 is 2.35 bits per heavy atom. The minimum Gasteiger partial charge on any atom is -0.459 e. The predicted molar refractivity (Wildman–Crippen MR) is 202 cm³/mol. The molecular formula is C42H72O10. The second-order valence-corrected chi connectivity index (χ2v) is 16.4. The standard InChI is InChI=1S/C42H72O10/c1-7-30-15-13-11-10-12-14-21-41(6,49)38(46)25-33(44)23-36(45)29(5)40(48)31(8-2)17-19-39(47)50-35-26-34(18-16-30)51-42(27-35)22-20-28(4)37(52-42)24-32(43)9-3/h10-11,13,15,17,19,28-38,40,43-46,48-49H,7-9,12,14,16,18,20-27H2,1-6H3/b11-10+,15-13+,19-17+. The van der Waals surface area contributed by atoms with Crippen molar-refractivity contribution in [2.24, 2.45) is 23.7 Å². The number of aliphatic hydroxyl groups is 6. The van der Waals surface area contributed by atoms with Gasteiger partial charge in [0, 0.05) is 43.6 Å². The number of fused-ring (bicyclic) bond motifs is 2. The largest absolute Gasteiger partial charge is 0.459 e. The van der Waals surface area contributed by atoms with Gasteiger partial charge in [-0.2, -0.15) is 0 Å². The highest BCUT2D eigenvalue weighted by atomic mass is 16.7. The van der Waals surface area contributed by atoms with E-state index in [1.807, 2.05) is 26.0 Å². The molecule has 0 aromatic rings. The highest BCUT2D eigenvalue weighted by Gasteiger charge is 2.49. The van der Waals surface area contributed by atoms with E-state index >= 15 is 0 Å². The van der Waals surface area contributed by atoms with Crippen LogP contribution in [0.3, 0.4) is 0 Å². The second-order valence-electron chi connectivity index (χ2n) is 16.4. The summed E-state index contributed by atoms with van der Waals surface area (Å²) in [4.78, 5) is 13.3. The maximum atomic E-state index is 13.3. The summed E-state index contributed by atoms with van der Waals surface area (Å²) in [7, 11) is 0. The molecule has 2 bridgehead atoms. The summed E-state index contributed by atoms with van der Waals surface area (Å²) in [5.74, 6) is -1.90. The summed E-state index contributed by atoms with van der Waals surface area (Å²) in [5.41, 5.74) is -1.40. The molecule has 0 aliphatic carbocycles. The van der Waals surface area contributed by atoms with Crippen molar-refractivity contribution in [1.82, 2.24) is 0 Å². The molecule has 1 spiro atoms. The van der Waals surface area contributed by atoms with Crippen LogP contribution in [-0.4, -0.2) is 96.8 Å². The molecule has 6 N–H and O–H groups in total. The van der Waals surface area contributed by atoms with E-state index in [2.05, 4.69) is 26.0 Å². The van der Waals surface area contributed by atoms with Crippen LogP contribution in [0.5, 0.6) is 0 Å². The van der Waals surface area contributed by atoms with Crippen LogP contribution in [0.4, 0.5) is 0 Å². The summed E-state index contributed by atoms with van der Waals surface area (Å²) < 4.78 is 19.6. The van der Waals surface area contributed by atoms with Gasteiger partial charge in [0.05, 0.1) is 48.3 Å². The van der Waals surface area contributed by atoms with Crippen LogP contribution in [0, 0.1) is 23.7 Å².